The van der Waals surface area contributed by atoms with Gasteiger partial charge in [-0.25, -0.2) is 0 Å². The van der Waals surface area contributed by atoms with Gasteiger partial charge in [-0.05, 0) is 6.04 Å². The highest BCUT2D eigenvalue weighted by Gasteiger charge is 2.30. The van der Waals surface area contributed by atoms with Crippen molar-refractivity contribution in [1.29, 1.82) is 0 Å². The van der Waals surface area contributed by atoms with Crippen LogP contribution < -0.4 is 0 Å². The van der Waals surface area contributed by atoms with Gasteiger partial charge in [-0.2, -0.15) is 0 Å². The second-order valence-corrected chi connectivity index (χ2v) is 12.4. The van der Waals surface area contributed by atoms with E-state index in [2.05, 4.69) is 20.8 Å². The molecule has 22 heavy (non-hydrogen) atoms. The lowest BCUT2D eigenvalue weighted by molar-refractivity contribution is 0.315. The van der Waals surface area contributed by atoms with Gasteiger partial charge in [-0.1, -0.05) is 116 Å². The molecule has 0 unspecified atom stereocenters. The molecule has 0 saturated carbocycles. The summed E-state index contributed by atoms with van der Waals surface area (Å²) in [5, 5.41) is 9.64. The highest BCUT2D eigenvalue weighted by atomic mass is 28.3. The van der Waals surface area contributed by atoms with E-state index in [0.29, 0.717) is 6.61 Å². The SMILES string of the molecule is CCCCCC[Si](CCO)(CCCCCC)CCCCCC. The molecule has 2 heteroatoms. The Labute approximate surface area is 142 Å². The largest absolute Gasteiger partial charge is 0.397 e. The van der Waals surface area contributed by atoms with E-state index >= 15 is 0 Å². The molecule has 0 spiro atoms. The molecule has 0 saturated heterocycles. The second-order valence-electron chi connectivity index (χ2n) is 7.41. The second kappa shape index (κ2) is 16.0. The van der Waals surface area contributed by atoms with Crippen LogP contribution in [0, 0.1) is 0 Å². The quantitative estimate of drug-likeness (QED) is 0.222. The van der Waals surface area contributed by atoms with Crippen LogP contribution in [0.3, 0.4) is 0 Å². The lowest BCUT2D eigenvalue weighted by Crippen LogP contribution is -2.35. The Morgan fingerprint density at radius 1 is 0.500 bits per heavy atom. The van der Waals surface area contributed by atoms with Gasteiger partial charge in [-0.3, -0.25) is 0 Å². The first-order valence-electron chi connectivity index (χ1n) is 10.4. The average Bonchev–Trinajstić information content (AvgIpc) is 2.53. The zero-order valence-electron chi connectivity index (χ0n) is 16.0. The van der Waals surface area contributed by atoms with Gasteiger partial charge in [0.05, 0.1) is 8.07 Å². The predicted molar refractivity (Wildman–Crippen MR) is 104 cm³/mol. The van der Waals surface area contributed by atoms with Crippen LogP contribution in [0.25, 0.3) is 0 Å². The Balaban J connectivity index is 4.39. The first kappa shape index (κ1) is 22.2. The minimum atomic E-state index is -1.20. The molecule has 0 aliphatic heterocycles. The molecule has 0 aliphatic carbocycles. The summed E-state index contributed by atoms with van der Waals surface area (Å²) in [5.74, 6) is 0. The Kier molecular flexibility index (Phi) is 16.2. The summed E-state index contributed by atoms with van der Waals surface area (Å²) in [5.41, 5.74) is 0. The molecule has 0 rings (SSSR count). The van der Waals surface area contributed by atoms with Gasteiger partial charge in [0, 0.05) is 6.61 Å². The Hall–Kier alpha value is 0.177. The van der Waals surface area contributed by atoms with Crippen LogP contribution in [-0.4, -0.2) is 19.8 Å². The topological polar surface area (TPSA) is 20.2 Å². The molecule has 0 atom stereocenters. The molecule has 0 bridgehead atoms. The highest BCUT2D eigenvalue weighted by Crippen LogP contribution is 2.32. The molecule has 0 amide bonds. The smallest absolute Gasteiger partial charge is 0.0558 e. The van der Waals surface area contributed by atoms with Crippen LogP contribution >= 0.6 is 0 Å². The third kappa shape index (κ3) is 11.7. The van der Waals surface area contributed by atoms with Gasteiger partial charge >= 0.3 is 0 Å². The van der Waals surface area contributed by atoms with E-state index < -0.39 is 8.07 Å². The van der Waals surface area contributed by atoms with Gasteiger partial charge in [0.1, 0.15) is 0 Å². The van der Waals surface area contributed by atoms with Crippen molar-refractivity contribution >= 4 is 8.07 Å². The van der Waals surface area contributed by atoms with Crippen LogP contribution in [-0.2, 0) is 0 Å². The molecular weight excluding hydrogens is 284 g/mol. The van der Waals surface area contributed by atoms with Gasteiger partial charge in [0.25, 0.3) is 0 Å². The van der Waals surface area contributed by atoms with E-state index in [1.54, 1.807) is 0 Å². The summed E-state index contributed by atoms with van der Waals surface area (Å²) in [4.78, 5) is 0. The van der Waals surface area contributed by atoms with Gasteiger partial charge in [-0.15, -0.1) is 0 Å². The van der Waals surface area contributed by atoms with Crippen LogP contribution in [0.2, 0.25) is 24.2 Å². The Bertz CT molecular complexity index is 186. The van der Waals surface area contributed by atoms with E-state index in [9.17, 15) is 5.11 Å². The van der Waals surface area contributed by atoms with Crippen molar-refractivity contribution in [3.8, 4) is 0 Å². The van der Waals surface area contributed by atoms with Gasteiger partial charge in [0.2, 0.25) is 0 Å². The van der Waals surface area contributed by atoms with E-state index in [4.69, 9.17) is 0 Å². The molecule has 134 valence electrons. The van der Waals surface area contributed by atoms with Crippen molar-refractivity contribution in [3.63, 3.8) is 0 Å². The third-order valence-electron chi connectivity index (χ3n) is 5.32. The standard InChI is InChI=1S/C20H44OSi/c1-4-7-10-13-17-22(20-16-21,18-14-11-8-5-2)19-15-12-9-6-3/h21H,4-20H2,1-3H3. The average molecular weight is 329 g/mol. The van der Waals surface area contributed by atoms with Crippen molar-refractivity contribution < 1.29 is 5.11 Å². The first-order chi connectivity index (χ1) is 10.7. The van der Waals surface area contributed by atoms with Crippen molar-refractivity contribution in [2.24, 2.45) is 0 Å². The number of hydrogen-bond acceptors (Lipinski definition) is 1. The van der Waals surface area contributed by atoms with Gasteiger partial charge < -0.3 is 5.11 Å². The maximum Gasteiger partial charge on any atom is 0.0558 e. The summed E-state index contributed by atoms with van der Waals surface area (Å²) in [6.07, 6.45) is 16.7. The third-order valence-corrected chi connectivity index (χ3v) is 10.9. The summed E-state index contributed by atoms with van der Waals surface area (Å²) in [7, 11) is -1.20. The summed E-state index contributed by atoms with van der Waals surface area (Å²) in [6, 6.07) is 5.65. The van der Waals surface area contributed by atoms with Crippen molar-refractivity contribution in [3.05, 3.63) is 0 Å². The zero-order chi connectivity index (χ0) is 16.5. The van der Waals surface area contributed by atoms with Crippen LogP contribution in [0.1, 0.15) is 97.8 Å². The molecule has 0 aliphatic rings. The summed E-state index contributed by atoms with van der Waals surface area (Å²) < 4.78 is 0. The summed E-state index contributed by atoms with van der Waals surface area (Å²) in [6.45, 7) is 7.34. The van der Waals surface area contributed by atoms with E-state index in [1.807, 2.05) is 0 Å². The Morgan fingerprint density at radius 3 is 1.14 bits per heavy atom. The van der Waals surface area contributed by atoms with Crippen LogP contribution in [0.5, 0.6) is 0 Å². The molecule has 0 heterocycles. The van der Waals surface area contributed by atoms with E-state index in [1.165, 1.54) is 101 Å². The number of aliphatic hydroxyl groups excluding tert-OH is 1. The number of rotatable bonds is 17. The van der Waals surface area contributed by atoms with E-state index in [-0.39, 0.29) is 0 Å². The minimum absolute atomic E-state index is 0.446. The normalized spacial score (nSPS) is 12.0. The number of hydrogen-bond donors (Lipinski definition) is 1. The molecule has 0 radical (unpaired) electrons. The zero-order valence-corrected chi connectivity index (χ0v) is 17.0. The van der Waals surface area contributed by atoms with Crippen molar-refractivity contribution in [2.45, 2.75) is 122 Å². The van der Waals surface area contributed by atoms with Crippen molar-refractivity contribution in [1.82, 2.24) is 0 Å². The monoisotopic (exact) mass is 328 g/mol. The molecule has 1 N–H and O–H groups in total. The fourth-order valence-corrected chi connectivity index (χ4v) is 8.74. The van der Waals surface area contributed by atoms with E-state index in [0.717, 1.165) is 0 Å². The van der Waals surface area contributed by atoms with Crippen LogP contribution in [0.4, 0.5) is 0 Å². The fraction of sp³-hybridized carbons (Fsp3) is 1.00. The molecule has 0 fully saturated rings. The Morgan fingerprint density at radius 2 is 0.864 bits per heavy atom. The fourth-order valence-electron chi connectivity index (χ4n) is 3.77. The van der Waals surface area contributed by atoms with Crippen molar-refractivity contribution in [2.75, 3.05) is 6.61 Å². The molecule has 0 aromatic rings. The minimum Gasteiger partial charge on any atom is -0.397 e. The predicted octanol–water partition coefficient (Wildman–Crippen LogP) is 7.17. The maximum absolute atomic E-state index is 9.64. The lowest BCUT2D eigenvalue weighted by atomic mass is 10.2. The molecule has 0 aromatic carbocycles. The number of unbranched alkanes of at least 4 members (excludes halogenated alkanes) is 9. The molecule has 1 nitrogen and oxygen atoms in total. The molecule has 0 aromatic heterocycles. The number of aliphatic hydroxyl groups is 1. The van der Waals surface area contributed by atoms with Crippen LogP contribution in [0.15, 0.2) is 0 Å². The highest BCUT2D eigenvalue weighted by molar-refractivity contribution is 6.79. The lowest BCUT2D eigenvalue weighted by Gasteiger charge is -2.32. The maximum atomic E-state index is 9.64. The van der Waals surface area contributed by atoms with Gasteiger partial charge in [0.15, 0.2) is 0 Å². The summed E-state index contributed by atoms with van der Waals surface area (Å²) >= 11 is 0. The first-order valence-corrected chi connectivity index (χ1v) is 13.2. The molecular formula is C20H44OSi.